The minimum Gasteiger partial charge on any atom is -0.364 e. The lowest BCUT2D eigenvalue weighted by molar-refractivity contribution is -0.384. The van der Waals surface area contributed by atoms with Gasteiger partial charge in [0.05, 0.1) is 16.0 Å². The molecule has 13 heteroatoms. The van der Waals surface area contributed by atoms with Gasteiger partial charge < -0.3 is 19.7 Å². The van der Waals surface area contributed by atoms with Crippen LogP contribution in [0, 0.1) is 10.1 Å². The van der Waals surface area contributed by atoms with Crippen LogP contribution in [0.5, 0.6) is 0 Å². The molecule has 1 aliphatic heterocycles. The lowest BCUT2D eigenvalue weighted by Crippen LogP contribution is -2.37. The average Bonchev–Trinajstić information content (AvgIpc) is 2.57. The molecule has 0 amide bonds. The first kappa shape index (κ1) is 18.6. The molecule has 26 heavy (non-hydrogen) atoms. The van der Waals surface area contributed by atoms with Crippen molar-refractivity contribution in [1.82, 2.24) is 9.55 Å². The quantitative estimate of drug-likeness (QED) is 0.283. The number of rotatable bonds is 4. The van der Waals surface area contributed by atoms with Crippen molar-refractivity contribution < 1.29 is 19.3 Å². The molecule has 0 spiro atoms. The van der Waals surface area contributed by atoms with E-state index in [4.69, 9.17) is 0 Å². The molecule has 0 saturated carbocycles. The molecule has 1 fully saturated rings. The molecule has 3 rings (SSSR count). The van der Waals surface area contributed by atoms with Crippen LogP contribution in [0.4, 0.5) is 11.4 Å². The largest absolute Gasteiger partial charge is 0.364 e. The SMILES string of the molecule is O=c1[nH]c2cc([N+](=O)[O-])c(N3CCSCC3)cc2n(CP(=O)(O)O)c1=O. The summed E-state index contributed by atoms with van der Waals surface area (Å²) in [5, 5.41) is 11.5. The van der Waals surface area contributed by atoms with Gasteiger partial charge in [-0.1, -0.05) is 0 Å². The Morgan fingerprint density at radius 3 is 2.50 bits per heavy atom. The zero-order valence-corrected chi connectivity index (χ0v) is 15.0. The molecule has 2 aromatic rings. The van der Waals surface area contributed by atoms with E-state index in [1.54, 1.807) is 16.7 Å². The van der Waals surface area contributed by atoms with Gasteiger partial charge in [0.2, 0.25) is 0 Å². The van der Waals surface area contributed by atoms with Crippen molar-refractivity contribution >= 4 is 41.8 Å². The fraction of sp³-hybridized carbons (Fsp3) is 0.385. The fourth-order valence-electron chi connectivity index (χ4n) is 2.83. The Morgan fingerprint density at radius 1 is 1.27 bits per heavy atom. The molecular weight excluding hydrogens is 387 g/mol. The third-order valence-electron chi connectivity index (χ3n) is 3.95. The van der Waals surface area contributed by atoms with Crippen LogP contribution < -0.4 is 16.0 Å². The van der Waals surface area contributed by atoms with E-state index in [1.165, 1.54) is 6.07 Å². The number of aromatic nitrogens is 2. The zero-order valence-electron chi connectivity index (χ0n) is 13.3. The van der Waals surface area contributed by atoms with Crippen LogP contribution in [0.25, 0.3) is 11.0 Å². The van der Waals surface area contributed by atoms with Gasteiger partial charge in [0.15, 0.2) is 0 Å². The lowest BCUT2D eigenvalue weighted by Gasteiger charge is -2.28. The molecule has 2 heterocycles. The normalized spacial score (nSPS) is 15.4. The third kappa shape index (κ3) is 3.68. The Balaban J connectivity index is 2.31. The standard InChI is InChI=1S/C13H15N4O7PS/c18-12-13(19)16(7-25(22,23)24)9-6-10(15-1-3-26-4-2-15)11(17(20)21)5-8(9)14-12/h5-6H,1-4,7H2,(H,14,18)(H2,22,23,24). The monoisotopic (exact) mass is 402 g/mol. The van der Waals surface area contributed by atoms with Gasteiger partial charge in [-0.05, 0) is 6.07 Å². The van der Waals surface area contributed by atoms with E-state index >= 15 is 0 Å². The number of nitrogens with one attached hydrogen (secondary N) is 1. The second-order valence-corrected chi connectivity index (χ2v) is 8.54. The fourth-order valence-corrected chi connectivity index (χ4v) is 4.38. The number of thioether (sulfide) groups is 1. The van der Waals surface area contributed by atoms with E-state index in [-0.39, 0.29) is 22.4 Å². The highest BCUT2D eigenvalue weighted by molar-refractivity contribution is 7.99. The van der Waals surface area contributed by atoms with Crippen molar-refractivity contribution in [1.29, 1.82) is 0 Å². The van der Waals surface area contributed by atoms with Crippen molar-refractivity contribution in [2.45, 2.75) is 6.29 Å². The first-order valence-corrected chi connectivity index (χ1v) is 10.4. The van der Waals surface area contributed by atoms with Crippen LogP contribution in [0.15, 0.2) is 21.7 Å². The maximum atomic E-state index is 12.1. The van der Waals surface area contributed by atoms with Gasteiger partial charge in [-0.15, -0.1) is 0 Å². The first-order chi connectivity index (χ1) is 12.2. The van der Waals surface area contributed by atoms with Gasteiger partial charge in [0.25, 0.3) is 5.69 Å². The maximum Gasteiger partial charge on any atom is 0.345 e. The van der Waals surface area contributed by atoms with Crippen molar-refractivity contribution in [2.24, 2.45) is 0 Å². The highest BCUT2D eigenvalue weighted by Crippen LogP contribution is 2.38. The van der Waals surface area contributed by atoms with E-state index in [0.717, 1.165) is 17.6 Å². The molecule has 140 valence electrons. The van der Waals surface area contributed by atoms with Gasteiger partial charge in [-0.3, -0.25) is 28.8 Å². The highest BCUT2D eigenvalue weighted by atomic mass is 32.2. The summed E-state index contributed by atoms with van der Waals surface area (Å²) in [5.41, 5.74) is -2.26. The summed E-state index contributed by atoms with van der Waals surface area (Å²) >= 11 is 1.71. The minimum absolute atomic E-state index is 0.0248. The number of benzene rings is 1. The number of nitrogens with zero attached hydrogens (tertiary/aromatic N) is 3. The summed E-state index contributed by atoms with van der Waals surface area (Å²) < 4.78 is 12.0. The predicted molar refractivity (Wildman–Crippen MR) is 97.1 cm³/mol. The van der Waals surface area contributed by atoms with Gasteiger partial charge in [0.1, 0.15) is 12.0 Å². The number of hydrogen-bond acceptors (Lipinski definition) is 7. The number of hydrogen-bond donors (Lipinski definition) is 3. The molecule has 0 bridgehead atoms. The summed E-state index contributed by atoms with van der Waals surface area (Å²) in [5.74, 6) is 1.55. The van der Waals surface area contributed by atoms with Crippen LogP contribution in [-0.2, 0) is 10.9 Å². The average molecular weight is 402 g/mol. The summed E-state index contributed by atoms with van der Waals surface area (Å²) in [6.07, 6.45) is -0.987. The second-order valence-electron chi connectivity index (χ2n) is 5.71. The summed E-state index contributed by atoms with van der Waals surface area (Å²) in [6, 6.07) is 2.44. The minimum atomic E-state index is -4.66. The number of anilines is 1. The lowest BCUT2D eigenvalue weighted by atomic mass is 10.2. The van der Waals surface area contributed by atoms with E-state index in [0.29, 0.717) is 17.7 Å². The molecule has 1 aliphatic rings. The van der Waals surface area contributed by atoms with Crippen LogP contribution in [0.2, 0.25) is 0 Å². The topological polar surface area (TPSA) is 159 Å². The Hall–Kier alpha value is -2.14. The van der Waals surface area contributed by atoms with E-state index in [2.05, 4.69) is 4.98 Å². The third-order valence-corrected chi connectivity index (χ3v) is 5.54. The second kappa shape index (κ2) is 6.88. The van der Waals surface area contributed by atoms with E-state index in [1.807, 2.05) is 0 Å². The molecule has 1 aromatic carbocycles. The van der Waals surface area contributed by atoms with Crippen molar-refractivity contribution in [2.75, 3.05) is 29.5 Å². The molecular formula is C13H15N4O7PS. The van der Waals surface area contributed by atoms with Crippen LogP contribution >= 0.6 is 19.4 Å². The van der Waals surface area contributed by atoms with E-state index < -0.39 is 29.9 Å². The first-order valence-electron chi connectivity index (χ1n) is 7.50. The van der Waals surface area contributed by atoms with Gasteiger partial charge >= 0.3 is 18.7 Å². The number of nitro groups is 1. The highest BCUT2D eigenvalue weighted by Gasteiger charge is 2.25. The molecule has 1 aromatic heterocycles. The van der Waals surface area contributed by atoms with Gasteiger partial charge in [-0.2, -0.15) is 11.8 Å². The molecule has 11 nitrogen and oxygen atoms in total. The maximum absolute atomic E-state index is 12.1. The molecule has 0 aliphatic carbocycles. The summed E-state index contributed by atoms with van der Waals surface area (Å²) in [4.78, 5) is 57.2. The van der Waals surface area contributed by atoms with Crippen molar-refractivity contribution in [3.63, 3.8) is 0 Å². The van der Waals surface area contributed by atoms with Crippen LogP contribution in [0.3, 0.4) is 0 Å². The predicted octanol–water partition coefficient (Wildman–Crippen LogP) is 0.286. The van der Waals surface area contributed by atoms with Crippen molar-refractivity contribution in [3.8, 4) is 0 Å². The number of H-pyrrole nitrogens is 1. The number of fused-ring (bicyclic) bond motifs is 1. The zero-order chi connectivity index (χ0) is 19.1. The Morgan fingerprint density at radius 2 is 1.92 bits per heavy atom. The number of aromatic amines is 1. The molecule has 0 radical (unpaired) electrons. The van der Waals surface area contributed by atoms with Gasteiger partial charge in [-0.25, -0.2) is 0 Å². The Bertz CT molecular complexity index is 1040. The van der Waals surface area contributed by atoms with E-state index in [9.17, 15) is 34.1 Å². The number of nitro benzene ring substituents is 1. The molecule has 1 saturated heterocycles. The summed E-state index contributed by atoms with van der Waals surface area (Å²) in [6.45, 7) is 1.12. The Kier molecular flexibility index (Phi) is 4.93. The smallest absolute Gasteiger partial charge is 0.345 e. The van der Waals surface area contributed by atoms with Gasteiger partial charge in [0, 0.05) is 30.7 Å². The molecule has 0 unspecified atom stereocenters. The molecule has 3 N–H and O–H groups in total. The molecule has 0 atom stereocenters. The summed E-state index contributed by atoms with van der Waals surface area (Å²) in [7, 11) is -4.66. The van der Waals surface area contributed by atoms with Crippen molar-refractivity contribution in [3.05, 3.63) is 43.0 Å². The van der Waals surface area contributed by atoms with Crippen LogP contribution in [-0.4, -0.2) is 48.9 Å². The Labute approximate surface area is 149 Å². The van der Waals surface area contributed by atoms with Crippen LogP contribution in [0.1, 0.15) is 0 Å².